The fourth-order valence-corrected chi connectivity index (χ4v) is 3.43. The van der Waals surface area contributed by atoms with Crippen LogP contribution in [-0.2, 0) is 16.0 Å². The largest absolute Gasteiger partial charge is 0.480 e. The lowest BCUT2D eigenvalue weighted by atomic mass is 9.95. The molecule has 1 aliphatic carbocycles. The first-order valence-corrected chi connectivity index (χ1v) is 8.51. The average molecular weight is 348 g/mol. The molecule has 1 aliphatic rings. The van der Waals surface area contributed by atoms with E-state index in [0.717, 1.165) is 18.4 Å². The van der Waals surface area contributed by atoms with Gasteiger partial charge in [0.15, 0.2) is 0 Å². The second kappa shape index (κ2) is 6.32. The molecule has 1 saturated carbocycles. The minimum absolute atomic E-state index is 0.0100. The highest BCUT2D eigenvalue weighted by atomic mass is 32.1. The molecule has 1 aromatic carbocycles. The maximum absolute atomic E-state index is 13.0. The van der Waals surface area contributed by atoms with Crippen LogP contribution in [0, 0.1) is 11.7 Å². The molecule has 0 aliphatic heterocycles. The zero-order chi connectivity index (χ0) is 17.3. The Kier molecular flexibility index (Phi) is 4.36. The molecule has 1 aromatic heterocycles. The summed E-state index contributed by atoms with van der Waals surface area (Å²) in [6.45, 7) is 1.55. The van der Waals surface area contributed by atoms with E-state index < -0.39 is 11.5 Å². The van der Waals surface area contributed by atoms with Gasteiger partial charge in [-0.25, -0.2) is 14.2 Å². The van der Waals surface area contributed by atoms with Crippen molar-refractivity contribution < 1.29 is 19.1 Å². The second-order valence-corrected chi connectivity index (χ2v) is 7.02. The molecule has 2 N–H and O–H groups in total. The lowest BCUT2D eigenvalue weighted by Gasteiger charge is -2.25. The van der Waals surface area contributed by atoms with Gasteiger partial charge in [-0.1, -0.05) is 0 Å². The minimum Gasteiger partial charge on any atom is -0.480 e. The van der Waals surface area contributed by atoms with Gasteiger partial charge in [-0.2, -0.15) is 0 Å². The number of thiazole rings is 1. The van der Waals surface area contributed by atoms with Crippen LogP contribution >= 0.6 is 11.3 Å². The molecule has 1 fully saturated rings. The van der Waals surface area contributed by atoms with E-state index in [4.69, 9.17) is 0 Å². The SMILES string of the molecule is CC(NC(=O)Cc1csc(-c2ccc(F)cc2)n1)(C(=O)O)C1CC1. The number of nitrogens with zero attached hydrogens (tertiary/aromatic N) is 1. The van der Waals surface area contributed by atoms with Crippen LogP contribution in [0.3, 0.4) is 0 Å². The third-order valence-corrected chi connectivity index (χ3v) is 5.16. The van der Waals surface area contributed by atoms with Crippen molar-refractivity contribution in [2.75, 3.05) is 0 Å². The van der Waals surface area contributed by atoms with E-state index in [-0.39, 0.29) is 24.1 Å². The summed E-state index contributed by atoms with van der Waals surface area (Å²) < 4.78 is 13.0. The van der Waals surface area contributed by atoms with Crippen LogP contribution in [-0.4, -0.2) is 27.5 Å². The van der Waals surface area contributed by atoms with Crippen LogP contribution in [0.4, 0.5) is 4.39 Å². The molecule has 0 saturated heterocycles. The first-order chi connectivity index (χ1) is 11.4. The van der Waals surface area contributed by atoms with E-state index in [0.29, 0.717) is 10.7 Å². The number of nitrogens with one attached hydrogen (secondary N) is 1. The molecular weight excluding hydrogens is 331 g/mol. The van der Waals surface area contributed by atoms with Gasteiger partial charge < -0.3 is 10.4 Å². The third-order valence-electron chi connectivity index (χ3n) is 4.22. The van der Waals surface area contributed by atoms with Gasteiger partial charge in [0.2, 0.25) is 5.91 Å². The van der Waals surface area contributed by atoms with E-state index in [1.165, 1.54) is 23.5 Å². The van der Waals surface area contributed by atoms with Crippen molar-refractivity contribution in [3.63, 3.8) is 0 Å². The highest BCUT2D eigenvalue weighted by Crippen LogP contribution is 2.39. The van der Waals surface area contributed by atoms with E-state index in [1.807, 2.05) is 0 Å². The smallest absolute Gasteiger partial charge is 0.329 e. The Hall–Kier alpha value is -2.28. The number of aromatic nitrogens is 1. The summed E-state index contributed by atoms with van der Waals surface area (Å²) in [4.78, 5) is 28.0. The number of benzene rings is 1. The molecule has 1 unspecified atom stereocenters. The molecule has 1 atom stereocenters. The van der Waals surface area contributed by atoms with Gasteiger partial charge in [-0.15, -0.1) is 11.3 Å². The lowest BCUT2D eigenvalue weighted by molar-refractivity contribution is -0.147. The maximum atomic E-state index is 13.0. The Balaban J connectivity index is 1.67. The van der Waals surface area contributed by atoms with Crippen molar-refractivity contribution in [3.05, 3.63) is 41.2 Å². The van der Waals surface area contributed by atoms with Crippen molar-refractivity contribution in [2.24, 2.45) is 5.92 Å². The Morgan fingerprint density at radius 3 is 2.62 bits per heavy atom. The Morgan fingerprint density at radius 1 is 1.38 bits per heavy atom. The molecule has 24 heavy (non-hydrogen) atoms. The molecule has 126 valence electrons. The fraction of sp³-hybridized carbons (Fsp3) is 0.353. The van der Waals surface area contributed by atoms with Gasteiger partial charge in [0.25, 0.3) is 0 Å². The van der Waals surface area contributed by atoms with Crippen LogP contribution < -0.4 is 5.32 Å². The normalized spacial score (nSPS) is 16.4. The van der Waals surface area contributed by atoms with Crippen LogP contribution in [0.5, 0.6) is 0 Å². The summed E-state index contributed by atoms with van der Waals surface area (Å²) in [6, 6.07) is 5.98. The van der Waals surface area contributed by atoms with Gasteiger partial charge in [0.05, 0.1) is 12.1 Å². The van der Waals surface area contributed by atoms with Crippen molar-refractivity contribution in [3.8, 4) is 10.6 Å². The first kappa shape index (κ1) is 16.6. The molecule has 2 aromatic rings. The molecule has 0 radical (unpaired) electrons. The summed E-state index contributed by atoms with van der Waals surface area (Å²) in [5, 5.41) is 14.5. The van der Waals surface area contributed by atoms with Gasteiger partial charge in [-0.3, -0.25) is 4.79 Å². The maximum Gasteiger partial charge on any atom is 0.329 e. The number of halogens is 1. The predicted molar refractivity (Wildman–Crippen MR) is 88.1 cm³/mol. The highest BCUT2D eigenvalue weighted by Gasteiger charge is 2.48. The third kappa shape index (κ3) is 3.46. The average Bonchev–Trinajstić information content (AvgIpc) is 3.29. The molecule has 0 bridgehead atoms. The van der Waals surface area contributed by atoms with E-state index in [1.54, 1.807) is 24.4 Å². The van der Waals surface area contributed by atoms with E-state index in [2.05, 4.69) is 10.3 Å². The fourth-order valence-electron chi connectivity index (χ4n) is 2.60. The first-order valence-electron chi connectivity index (χ1n) is 7.63. The van der Waals surface area contributed by atoms with Crippen LogP contribution in [0.25, 0.3) is 10.6 Å². The number of amides is 1. The predicted octanol–water partition coefficient (Wildman–Crippen LogP) is 2.86. The number of aliphatic carboxylic acids is 1. The molecule has 7 heteroatoms. The van der Waals surface area contributed by atoms with E-state index >= 15 is 0 Å². The van der Waals surface area contributed by atoms with Crippen LogP contribution in [0.1, 0.15) is 25.5 Å². The minimum atomic E-state index is -1.22. The number of carboxylic acid groups (broad SMARTS) is 1. The lowest BCUT2D eigenvalue weighted by Crippen LogP contribution is -2.54. The molecule has 5 nitrogen and oxygen atoms in total. The molecule has 3 rings (SSSR count). The molecule has 1 amide bonds. The monoisotopic (exact) mass is 348 g/mol. The standard InChI is InChI=1S/C17H17FN2O3S/c1-17(16(22)23,11-4-5-11)20-14(21)8-13-9-24-15(19-13)10-2-6-12(18)7-3-10/h2-3,6-7,9,11H,4-5,8H2,1H3,(H,20,21)(H,22,23). The number of hydrogen-bond acceptors (Lipinski definition) is 4. The molecule has 0 spiro atoms. The topological polar surface area (TPSA) is 79.3 Å². The number of rotatable bonds is 6. The van der Waals surface area contributed by atoms with Gasteiger partial charge in [0, 0.05) is 10.9 Å². The van der Waals surface area contributed by atoms with Crippen LogP contribution in [0.15, 0.2) is 29.6 Å². The molecule has 1 heterocycles. The summed E-state index contributed by atoms with van der Waals surface area (Å²) in [5.74, 6) is -1.70. The van der Waals surface area contributed by atoms with Gasteiger partial charge in [0.1, 0.15) is 16.4 Å². The van der Waals surface area contributed by atoms with E-state index in [9.17, 15) is 19.1 Å². The van der Waals surface area contributed by atoms with Gasteiger partial charge in [-0.05, 0) is 49.9 Å². The zero-order valence-corrected chi connectivity index (χ0v) is 13.9. The summed E-state index contributed by atoms with van der Waals surface area (Å²) in [7, 11) is 0. The summed E-state index contributed by atoms with van der Waals surface area (Å²) in [6.07, 6.45) is 1.65. The van der Waals surface area contributed by atoms with Crippen LogP contribution in [0.2, 0.25) is 0 Å². The Bertz CT molecular complexity index is 770. The highest BCUT2D eigenvalue weighted by molar-refractivity contribution is 7.13. The van der Waals surface area contributed by atoms with Crippen molar-refractivity contribution in [2.45, 2.75) is 31.7 Å². The molecular formula is C17H17FN2O3S. The number of hydrogen-bond donors (Lipinski definition) is 2. The zero-order valence-electron chi connectivity index (χ0n) is 13.1. The summed E-state index contributed by atoms with van der Waals surface area (Å²) >= 11 is 1.36. The number of carbonyl (C=O) groups is 2. The van der Waals surface area contributed by atoms with Crippen molar-refractivity contribution >= 4 is 23.2 Å². The number of carboxylic acids is 1. The summed E-state index contributed by atoms with van der Waals surface area (Å²) in [5.41, 5.74) is 0.133. The van der Waals surface area contributed by atoms with Crippen molar-refractivity contribution in [1.29, 1.82) is 0 Å². The van der Waals surface area contributed by atoms with Gasteiger partial charge >= 0.3 is 5.97 Å². The number of carbonyl (C=O) groups excluding carboxylic acids is 1. The Labute approximate surface area is 142 Å². The Morgan fingerprint density at radius 2 is 2.04 bits per heavy atom. The second-order valence-electron chi connectivity index (χ2n) is 6.16. The van der Waals surface area contributed by atoms with Crippen molar-refractivity contribution in [1.82, 2.24) is 10.3 Å². The quantitative estimate of drug-likeness (QED) is 0.841.